The molecule has 3 aromatic rings. The van der Waals surface area contributed by atoms with Gasteiger partial charge in [0.25, 0.3) is 0 Å². The van der Waals surface area contributed by atoms with Gasteiger partial charge >= 0.3 is 0 Å². The molecule has 18 heavy (non-hydrogen) atoms. The van der Waals surface area contributed by atoms with E-state index in [4.69, 9.17) is 0 Å². The zero-order chi connectivity index (χ0) is 12.4. The lowest BCUT2D eigenvalue weighted by Gasteiger charge is -2.13. The minimum atomic E-state index is 0.269. The Balaban J connectivity index is 1.96. The standard InChI is InChI=1S/C13H14N4S/c1-14-12(7-10-3-2-6-18-10)11-8-16-17-5-4-15-9-13(11)17/h2-6,8-9,12,14H,7H2,1H3. The van der Waals surface area contributed by atoms with Gasteiger partial charge in [-0.1, -0.05) is 6.07 Å². The summed E-state index contributed by atoms with van der Waals surface area (Å²) in [6.07, 6.45) is 8.38. The van der Waals surface area contributed by atoms with Crippen molar-refractivity contribution in [2.45, 2.75) is 12.5 Å². The van der Waals surface area contributed by atoms with E-state index in [1.165, 1.54) is 10.4 Å². The largest absolute Gasteiger partial charge is 0.313 e. The summed E-state index contributed by atoms with van der Waals surface area (Å²) in [5.41, 5.74) is 2.26. The molecule has 0 fully saturated rings. The monoisotopic (exact) mass is 258 g/mol. The Morgan fingerprint density at radius 1 is 1.44 bits per heavy atom. The van der Waals surface area contributed by atoms with Gasteiger partial charge in [0.05, 0.1) is 17.9 Å². The first kappa shape index (κ1) is 11.4. The fourth-order valence-corrected chi connectivity index (χ4v) is 2.87. The molecule has 0 saturated carbocycles. The lowest BCUT2D eigenvalue weighted by atomic mass is 10.1. The van der Waals surface area contributed by atoms with Gasteiger partial charge in [0.15, 0.2) is 0 Å². The second kappa shape index (κ2) is 4.88. The third-order valence-corrected chi connectivity index (χ3v) is 3.96. The highest BCUT2D eigenvalue weighted by Crippen LogP contribution is 2.23. The minimum absolute atomic E-state index is 0.269. The molecule has 1 unspecified atom stereocenters. The van der Waals surface area contributed by atoms with Gasteiger partial charge in [0.2, 0.25) is 0 Å². The van der Waals surface area contributed by atoms with E-state index in [1.54, 1.807) is 17.5 Å². The topological polar surface area (TPSA) is 42.2 Å². The van der Waals surface area contributed by atoms with Crippen molar-refractivity contribution < 1.29 is 0 Å². The van der Waals surface area contributed by atoms with E-state index in [-0.39, 0.29) is 6.04 Å². The van der Waals surface area contributed by atoms with Crippen LogP contribution in [0.3, 0.4) is 0 Å². The molecule has 0 radical (unpaired) electrons. The predicted octanol–water partition coefficient (Wildman–Crippen LogP) is 2.29. The average Bonchev–Trinajstić information content (AvgIpc) is 3.05. The summed E-state index contributed by atoms with van der Waals surface area (Å²) in [5.74, 6) is 0. The van der Waals surface area contributed by atoms with Crippen LogP contribution in [0.5, 0.6) is 0 Å². The Morgan fingerprint density at radius 2 is 2.39 bits per heavy atom. The van der Waals surface area contributed by atoms with Gasteiger partial charge in [-0.15, -0.1) is 11.3 Å². The maximum atomic E-state index is 4.36. The maximum absolute atomic E-state index is 4.36. The van der Waals surface area contributed by atoms with Gasteiger partial charge in [-0.25, -0.2) is 4.52 Å². The van der Waals surface area contributed by atoms with Crippen molar-refractivity contribution in [3.63, 3.8) is 0 Å². The van der Waals surface area contributed by atoms with Gasteiger partial charge < -0.3 is 5.32 Å². The minimum Gasteiger partial charge on any atom is -0.313 e. The van der Waals surface area contributed by atoms with Crippen LogP contribution in [0.25, 0.3) is 5.52 Å². The van der Waals surface area contributed by atoms with E-state index in [2.05, 4.69) is 32.9 Å². The first-order valence-corrected chi connectivity index (χ1v) is 6.73. The van der Waals surface area contributed by atoms with E-state index in [0.29, 0.717) is 0 Å². The van der Waals surface area contributed by atoms with Crippen LogP contribution in [0.2, 0.25) is 0 Å². The summed E-state index contributed by atoms with van der Waals surface area (Å²) in [6.45, 7) is 0. The third kappa shape index (κ3) is 2.02. The molecule has 92 valence electrons. The van der Waals surface area contributed by atoms with Crippen molar-refractivity contribution in [2.75, 3.05) is 7.05 Å². The molecule has 5 heteroatoms. The zero-order valence-corrected chi connectivity index (χ0v) is 10.9. The maximum Gasteiger partial charge on any atom is 0.0892 e. The molecule has 3 heterocycles. The summed E-state index contributed by atoms with van der Waals surface area (Å²) in [5, 5.41) is 9.83. The molecular weight excluding hydrogens is 244 g/mol. The van der Waals surface area contributed by atoms with Crippen LogP contribution >= 0.6 is 11.3 Å². The van der Waals surface area contributed by atoms with Crippen molar-refractivity contribution in [3.8, 4) is 0 Å². The van der Waals surface area contributed by atoms with E-state index in [0.717, 1.165) is 11.9 Å². The van der Waals surface area contributed by atoms with Crippen molar-refractivity contribution in [3.05, 3.63) is 52.7 Å². The molecule has 3 rings (SSSR count). The molecule has 1 atom stereocenters. The highest BCUT2D eigenvalue weighted by Gasteiger charge is 2.15. The average molecular weight is 258 g/mol. The Kier molecular flexibility index (Phi) is 3.08. The fraction of sp³-hybridized carbons (Fsp3) is 0.231. The zero-order valence-electron chi connectivity index (χ0n) is 10.1. The molecule has 4 nitrogen and oxygen atoms in total. The van der Waals surface area contributed by atoms with Gasteiger partial charge in [0.1, 0.15) is 0 Å². The van der Waals surface area contributed by atoms with E-state index in [9.17, 15) is 0 Å². The normalized spacial score (nSPS) is 12.9. The molecule has 0 aromatic carbocycles. The van der Waals surface area contributed by atoms with Crippen LogP contribution < -0.4 is 5.32 Å². The van der Waals surface area contributed by atoms with Crippen molar-refractivity contribution in [1.82, 2.24) is 19.9 Å². The smallest absolute Gasteiger partial charge is 0.0892 e. The van der Waals surface area contributed by atoms with Crippen molar-refractivity contribution in [1.29, 1.82) is 0 Å². The molecule has 0 saturated heterocycles. The lowest BCUT2D eigenvalue weighted by Crippen LogP contribution is -2.18. The molecule has 0 spiro atoms. The van der Waals surface area contributed by atoms with E-state index in [1.807, 2.05) is 30.2 Å². The second-order valence-corrected chi connectivity index (χ2v) is 5.16. The number of hydrogen-bond donors (Lipinski definition) is 1. The van der Waals surface area contributed by atoms with Gasteiger partial charge in [0, 0.05) is 35.3 Å². The van der Waals surface area contributed by atoms with Crippen LogP contribution in [-0.4, -0.2) is 21.6 Å². The number of fused-ring (bicyclic) bond motifs is 1. The Labute approximate surface area is 109 Å². The number of nitrogens with one attached hydrogen (secondary N) is 1. The number of rotatable bonds is 4. The molecule has 0 aliphatic heterocycles. The summed E-state index contributed by atoms with van der Waals surface area (Å²) >= 11 is 1.79. The first-order chi connectivity index (χ1) is 8.88. The number of hydrogen-bond acceptors (Lipinski definition) is 4. The van der Waals surface area contributed by atoms with E-state index >= 15 is 0 Å². The summed E-state index contributed by atoms with van der Waals surface area (Å²) in [6, 6.07) is 4.52. The summed E-state index contributed by atoms with van der Waals surface area (Å²) < 4.78 is 1.86. The van der Waals surface area contributed by atoms with Crippen LogP contribution in [0, 0.1) is 0 Å². The van der Waals surface area contributed by atoms with Gasteiger partial charge in [-0.2, -0.15) is 5.10 Å². The molecule has 0 aliphatic carbocycles. The van der Waals surface area contributed by atoms with Crippen LogP contribution in [0.15, 0.2) is 42.3 Å². The Morgan fingerprint density at radius 3 is 3.17 bits per heavy atom. The third-order valence-electron chi connectivity index (χ3n) is 3.06. The quantitative estimate of drug-likeness (QED) is 0.780. The molecule has 0 bridgehead atoms. The fourth-order valence-electron chi connectivity index (χ4n) is 2.12. The lowest BCUT2D eigenvalue weighted by molar-refractivity contribution is 0.600. The Bertz CT molecular complexity index is 629. The first-order valence-electron chi connectivity index (χ1n) is 5.85. The van der Waals surface area contributed by atoms with E-state index < -0.39 is 0 Å². The van der Waals surface area contributed by atoms with Gasteiger partial charge in [-0.05, 0) is 18.5 Å². The molecule has 1 N–H and O–H groups in total. The van der Waals surface area contributed by atoms with Gasteiger partial charge in [-0.3, -0.25) is 4.98 Å². The predicted molar refractivity (Wildman–Crippen MR) is 72.8 cm³/mol. The number of aromatic nitrogens is 3. The second-order valence-electron chi connectivity index (χ2n) is 4.13. The summed E-state index contributed by atoms with van der Waals surface area (Å²) in [7, 11) is 1.98. The van der Waals surface area contributed by atoms with Crippen LogP contribution in [0.1, 0.15) is 16.5 Å². The Hall–Kier alpha value is -1.72. The number of thiophene rings is 1. The molecule has 0 aliphatic rings. The van der Waals surface area contributed by atoms with Crippen molar-refractivity contribution >= 4 is 16.9 Å². The number of nitrogens with zero attached hydrogens (tertiary/aromatic N) is 3. The summed E-state index contributed by atoms with van der Waals surface area (Å²) in [4.78, 5) is 5.55. The van der Waals surface area contributed by atoms with Crippen molar-refractivity contribution in [2.24, 2.45) is 0 Å². The molecular formula is C13H14N4S. The van der Waals surface area contributed by atoms with Crippen LogP contribution in [0.4, 0.5) is 0 Å². The van der Waals surface area contributed by atoms with Crippen LogP contribution in [-0.2, 0) is 6.42 Å². The highest BCUT2D eigenvalue weighted by molar-refractivity contribution is 7.09. The molecule has 0 amide bonds. The SMILES string of the molecule is CNC(Cc1cccs1)c1cnn2ccncc12. The number of likely N-dealkylation sites (N-methyl/N-ethyl adjacent to an activating group) is 1. The molecule has 3 aromatic heterocycles. The highest BCUT2D eigenvalue weighted by atomic mass is 32.1.